The second-order valence-electron chi connectivity index (χ2n) is 8.92. The fourth-order valence-electron chi connectivity index (χ4n) is 4.54. The Morgan fingerprint density at radius 2 is 1.97 bits per heavy atom. The maximum absolute atomic E-state index is 13.2. The number of ether oxygens (including phenoxy) is 1. The predicted octanol–water partition coefficient (Wildman–Crippen LogP) is 3.18. The van der Waals surface area contributed by atoms with E-state index in [9.17, 15) is 13.2 Å². The van der Waals surface area contributed by atoms with Crippen LogP contribution in [0.3, 0.4) is 0 Å². The predicted molar refractivity (Wildman–Crippen MR) is 120 cm³/mol. The zero-order chi connectivity index (χ0) is 24.0. The van der Waals surface area contributed by atoms with E-state index in [0.717, 1.165) is 29.2 Å². The highest BCUT2D eigenvalue weighted by molar-refractivity contribution is 5.78. The van der Waals surface area contributed by atoms with Crippen LogP contribution in [0.1, 0.15) is 36.6 Å². The van der Waals surface area contributed by atoms with E-state index in [1.165, 1.54) is 6.92 Å². The van der Waals surface area contributed by atoms with Crippen molar-refractivity contribution in [2.75, 3.05) is 49.2 Å². The van der Waals surface area contributed by atoms with Gasteiger partial charge in [-0.15, -0.1) is 0 Å². The Balaban J connectivity index is 1.33. The van der Waals surface area contributed by atoms with Crippen LogP contribution in [-0.4, -0.2) is 69.1 Å². The Morgan fingerprint density at radius 1 is 1.18 bits per heavy atom. The van der Waals surface area contributed by atoms with Gasteiger partial charge in [0, 0.05) is 38.4 Å². The molecule has 2 aliphatic heterocycles. The molecule has 0 saturated carbocycles. The van der Waals surface area contributed by atoms with Crippen LogP contribution in [0.25, 0.3) is 11.0 Å². The summed E-state index contributed by atoms with van der Waals surface area (Å²) < 4.78 is 46.8. The monoisotopic (exact) mass is 476 g/mol. The third-order valence-corrected chi connectivity index (χ3v) is 6.45. The van der Waals surface area contributed by atoms with Gasteiger partial charge < -0.3 is 14.5 Å². The highest BCUT2D eigenvalue weighted by Gasteiger charge is 2.35. The van der Waals surface area contributed by atoms with Crippen molar-refractivity contribution in [3.8, 4) is 0 Å². The van der Waals surface area contributed by atoms with Crippen LogP contribution < -0.4 is 9.80 Å². The molecule has 1 atom stereocenters. The number of rotatable bonds is 6. The van der Waals surface area contributed by atoms with Crippen molar-refractivity contribution in [1.29, 1.82) is 0 Å². The largest absolute Gasteiger partial charge is 0.433 e. The van der Waals surface area contributed by atoms with Crippen molar-refractivity contribution >= 4 is 22.8 Å². The van der Waals surface area contributed by atoms with Gasteiger partial charge in [0.25, 0.3) is 0 Å². The van der Waals surface area contributed by atoms with Gasteiger partial charge in [0.2, 0.25) is 5.95 Å². The van der Waals surface area contributed by atoms with Crippen molar-refractivity contribution in [2.24, 2.45) is 5.92 Å². The lowest BCUT2D eigenvalue weighted by Gasteiger charge is -2.27. The number of aromatic nitrogens is 6. The van der Waals surface area contributed by atoms with Crippen LogP contribution in [0.15, 0.2) is 12.3 Å². The Bertz CT molecular complexity index is 1190. The molecule has 0 radical (unpaired) electrons. The van der Waals surface area contributed by atoms with E-state index in [2.05, 4.69) is 25.0 Å². The van der Waals surface area contributed by atoms with E-state index in [1.54, 1.807) is 0 Å². The number of fused-ring (bicyclic) bond motifs is 1. The van der Waals surface area contributed by atoms with Gasteiger partial charge in [0.15, 0.2) is 5.65 Å². The summed E-state index contributed by atoms with van der Waals surface area (Å²) in [5.41, 5.74) is 0.791. The van der Waals surface area contributed by atoms with Crippen LogP contribution in [0, 0.1) is 19.8 Å². The molecule has 34 heavy (non-hydrogen) atoms. The zero-order valence-electron chi connectivity index (χ0n) is 19.4. The molecule has 12 heteroatoms. The number of alkyl halides is 3. The first-order valence-corrected chi connectivity index (χ1v) is 11.4. The summed E-state index contributed by atoms with van der Waals surface area (Å²) >= 11 is 0. The molecule has 0 spiro atoms. The lowest BCUT2D eigenvalue weighted by Crippen LogP contribution is -2.33. The molecule has 2 saturated heterocycles. The standard InChI is InChI=1S/C22H27F3N8O/c1-4-31(21-26-8-17-13(2)30-33(20(17)29-21)16-11-34-12-16)9-15-5-6-32(10-15)19-7-18(22(23,24)25)27-14(3)28-19/h7-8,15-16H,4-6,9-12H2,1-3H3. The first kappa shape index (κ1) is 22.8. The molecule has 9 nitrogen and oxygen atoms in total. The molecule has 3 aromatic heterocycles. The van der Waals surface area contributed by atoms with E-state index in [4.69, 9.17) is 9.72 Å². The zero-order valence-corrected chi connectivity index (χ0v) is 19.4. The number of halogens is 3. The van der Waals surface area contributed by atoms with Crippen LogP contribution in [-0.2, 0) is 10.9 Å². The van der Waals surface area contributed by atoms with Gasteiger partial charge in [0.1, 0.15) is 23.4 Å². The fourth-order valence-corrected chi connectivity index (χ4v) is 4.54. The SMILES string of the molecule is CCN(CC1CCN(c2cc(C(F)(F)F)nc(C)n2)C1)c1ncc2c(C)nn(C3COC3)c2n1. The summed E-state index contributed by atoms with van der Waals surface area (Å²) in [6.45, 7) is 9.41. The van der Waals surface area contributed by atoms with Gasteiger partial charge in [-0.25, -0.2) is 19.6 Å². The number of nitrogens with zero attached hydrogens (tertiary/aromatic N) is 8. The highest BCUT2D eigenvalue weighted by atomic mass is 19.4. The molecule has 0 bridgehead atoms. The first-order valence-electron chi connectivity index (χ1n) is 11.4. The number of anilines is 2. The minimum atomic E-state index is -4.49. The normalized spacial score (nSPS) is 19.1. The van der Waals surface area contributed by atoms with Crippen LogP contribution in [0.2, 0.25) is 0 Å². The average molecular weight is 477 g/mol. The van der Waals surface area contributed by atoms with E-state index >= 15 is 0 Å². The number of hydrogen-bond donors (Lipinski definition) is 0. The van der Waals surface area contributed by atoms with Crippen molar-refractivity contribution in [3.05, 3.63) is 29.5 Å². The first-order chi connectivity index (χ1) is 16.2. The van der Waals surface area contributed by atoms with Crippen LogP contribution in [0.4, 0.5) is 24.9 Å². The summed E-state index contributed by atoms with van der Waals surface area (Å²) in [6.07, 6.45) is -1.82. The Kier molecular flexibility index (Phi) is 5.78. The molecule has 0 amide bonds. The van der Waals surface area contributed by atoms with Gasteiger partial charge in [-0.05, 0) is 33.1 Å². The van der Waals surface area contributed by atoms with E-state index in [0.29, 0.717) is 51.2 Å². The minimum Gasteiger partial charge on any atom is -0.377 e. The van der Waals surface area contributed by atoms with Gasteiger partial charge in [-0.3, -0.25) is 0 Å². The Labute approximate surface area is 195 Å². The minimum absolute atomic E-state index is 0.119. The van der Waals surface area contributed by atoms with Gasteiger partial charge in [0.05, 0.1) is 24.3 Å². The molecule has 2 fully saturated rings. The fraction of sp³-hybridized carbons (Fsp3) is 0.591. The van der Waals surface area contributed by atoms with Crippen LogP contribution >= 0.6 is 0 Å². The molecule has 1 unspecified atom stereocenters. The average Bonchev–Trinajstić information content (AvgIpc) is 3.34. The summed E-state index contributed by atoms with van der Waals surface area (Å²) in [5.74, 6) is 1.32. The molecule has 3 aromatic rings. The molecule has 0 N–H and O–H groups in total. The summed E-state index contributed by atoms with van der Waals surface area (Å²) in [7, 11) is 0. The van der Waals surface area contributed by atoms with Crippen molar-refractivity contribution in [2.45, 2.75) is 39.4 Å². The lowest BCUT2D eigenvalue weighted by molar-refractivity contribution is -0.141. The third kappa shape index (κ3) is 4.26. The topological polar surface area (TPSA) is 85.1 Å². The van der Waals surface area contributed by atoms with Crippen molar-refractivity contribution in [3.63, 3.8) is 0 Å². The van der Waals surface area contributed by atoms with Crippen molar-refractivity contribution < 1.29 is 17.9 Å². The Morgan fingerprint density at radius 3 is 2.65 bits per heavy atom. The van der Waals surface area contributed by atoms with Gasteiger partial charge in [-0.2, -0.15) is 23.3 Å². The Hall–Kier alpha value is -3.02. The van der Waals surface area contributed by atoms with E-state index in [-0.39, 0.29) is 17.8 Å². The summed E-state index contributed by atoms with van der Waals surface area (Å²) in [4.78, 5) is 21.3. The number of aryl methyl sites for hydroxylation is 2. The summed E-state index contributed by atoms with van der Waals surface area (Å²) in [5, 5.41) is 5.56. The quantitative estimate of drug-likeness (QED) is 0.536. The smallest absolute Gasteiger partial charge is 0.377 e. The third-order valence-electron chi connectivity index (χ3n) is 6.45. The second-order valence-corrected chi connectivity index (χ2v) is 8.92. The highest BCUT2D eigenvalue weighted by Crippen LogP contribution is 2.32. The molecule has 0 aromatic carbocycles. The molecule has 5 heterocycles. The van der Waals surface area contributed by atoms with Gasteiger partial charge >= 0.3 is 6.18 Å². The molecule has 0 aliphatic carbocycles. The van der Waals surface area contributed by atoms with Gasteiger partial charge in [-0.1, -0.05) is 0 Å². The van der Waals surface area contributed by atoms with Crippen LogP contribution in [0.5, 0.6) is 0 Å². The number of hydrogen-bond acceptors (Lipinski definition) is 8. The molecule has 5 rings (SSSR count). The summed E-state index contributed by atoms with van der Waals surface area (Å²) in [6, 6.07) is 1.23. The van der Waals surface area contributed by atoms with Crippen molar-refractivity contribution in [1.82, 2.24) is 29.7 Å². The lowest BCUT2D eigenvalue weighted by atomic mass is 10.1. The molecular formula is C22H27F3N8O. The van der Waals surface area contributed by atoms with E-state index < -0.39 is 11.9 Å². The van der Waals surface area contributed by atoms with E-state index in [1.807, 2.05) is 29.6 Å². The molecule has 182 valence electrons. The second kappa shape index (κ2) is 8.64. The maximum atomic E-state index is 13.2. The maximum Gasteiger partial charge on any atom is 0.433 e. The molecule has 2 aliphatic rings. The molecular weight excluding hydrogens is 449 g/mol.